The Morgan fingerprint density at radius 2 is 1.68 bits per heavy atom. The highest BCUT2D eigenvalue weighted by atomic mass is 32.1. The minimum atomic E-state index is -0.918. The van der Waals surface area contributed by atoms with Gasteiger partial charge >= 0.3 is 11.9 Å². The lowest BCUT2D eigenvalue weighted by Crippen LogP contribution is -2.47. The number of nitrogens with one attached hydrogen (secondary N) is 2. The monoisotopic (exact) mass is 446 g/mol. The van der Waals surface area contributed by atoms with Crippen LogP contribution in [0, 0.1) is 5.92 Å². The molecule has 1 heterocycles. The third-order valence-electron chi connectivity index (χ3n) is 4.40. The molecule has 0 aliphatic heterocycles. The van der Waals surface area contributed by atoms with Crippen molar-refractivity contribution in [3.8, 4) is 0 Å². The minimum absolute atomic E-state index is 0.235. The second kappa shape index (κ2) is 11.8. The fourth-order valence-electron chi connectivity index (χ4n) is 2.77. The van der Waals surface area contributed by atoms with Crippen LogP contribution in [0.4, 0.5) is 0 Å². The van der Waals surface area contributed by atoms with Gasteiger partial charge in [0, 0.05) is 6.42 Å². The van der Waals surface area contributed by atoms with Gasteiger partial charge < -0.3 is 20.1 Å². The molecule has 2 aromatic rings. The van der Waals surface area contributed by atoms with Gasteiger partial charge in [-0.05, 0) is 22.9 Å². The van der Waals surface area contributed by atoms with Gasteiger partial charge in [0.25, 0.3) is 11.8 Å². The van der Waals surface area contributed by atoms with Gasteiger partial charge in [-0.1, -0.05) is 50.2 Å². The molecule has 0 bridgehead atoms. The molecule has 2 unspecified atom stereocenters. The zero-order valence-corrected chi connectivity index (χ0v) is 18.4. The Morgan fingerprint density at radius 1 is 0.968 bits per heavy atom. The van der Waals surface area contributed by atoms with Crippen LogP contribution in [0.15, 0.2) is 47.8 Å². The maximum absolute atomic E-state index is 12.5. The standard InChI is InChI=1S/C22H26N2O6S/c1-14(2)19(24-20(26)17-10-7-11-31-17)22(28)30-13-18(25)23-16(21(27)29-3)12-15-8-5-4-6-9-15/h4-11,14,16,19H,12-13H2,1-3H3,(H,23,25)(H,24,26). The lowest BCUT2D eigenvalue weighted by atomic mass is 10.0. The number of amides is 2. The number of thiophene rings is 1. The minimum Gasteiger partial charge on any atom is -0.467 e. The summed E-state index contributed by atoms with van der Waals surface area (Å²) in [5.74, 6) is -2.62. The highest BCUT2D eigenvalue weighted by Gasteiger charge is 2.28. The van der Waals surface area contributed by atoms with Crippen molar-refractivity contribution in [3.63, 3.8) is 0 Å². The lowest BCUT2D eigenvalue weighted by Gasteiger charge is -2.21. The molecule has 2 atom stereocenters. The van der Waals surface area contributed by atoms with E-state index in [2.05, 4.69) is 10.6 Å². The van der Waals surface area contributed by atoms with Gasteiger partial charge in [0.15, 0.2) is 6.61 Å². The van der Waals surface area contributed by atoms with E-state index in [9.17, 15) is 19.2 Å². The van der Waals surface area contributed by atoms with E-state index in [4.69, 9.17) is 9.47 Å². The Morgan fingerprint density at radius 3 is 2.26 bits per heavy atom. The van der Waals surface area contributed by atoms with Crippen molar-refractivity contribution in [2.75, 3.05) is 13.7 Å². The summed E-state index contributed by atoms with van der Waals surface area (Å²) in [7, 11) is 1.23. The molecule has 9 heteroatoms. The normalized spacial score (nSPS) is 12.5. The van der Waals surface area contributed by atoms with Crippen LogP contribution in [0.2, 0.25) is 0 Å². The predicted molar refractivity (Wildman–Crippen MR) is 115 cm³/mol. The van der Waals surface area contributed by atoms with Crippen molar-refractivity contribution in [1.82, 2.24) is 10.6 Å². The number of rotatable bonds is 10. The summed E-state index contributed by atoms with van der Waals surface area (Å²) in [6.07, 6.45) is 0.235. The van der Waals surface area contributed by atoms with E-state index < -0.39 is 36.5 Å². The van der Waals surface area contributed by atoms with Crippen LogP contribution < -0.4 is 10.6 Å². The maximum atomic E-state index is 12.5. The van der Waals surface area contributed by atoms with E-state index in [1.165, 1.54) is 18.4 Å². The molecule has 8 nitrogen and oxygen atoms in total. The molecule has 2 amide bonds. The summed E-state index contributed by atoms with van der Waals surface area (Å²) >= 11 is 1.25. The van der Waals surface area contributed by atoms with Gasteiger partial charge in [0.2, 0.25) is 0 Å². The number of benzene rings is 1. The van der Waals surface area contributed by atoms with Crippen molar-refractivity contribution < 1.29 is 28.7 Å². The van der Waals surface area contributed by atoms with Gasteiger partial charge in [0.1, 0.15) is 12.1 Å². The molecule has 1 aromatic heterocycles. The molecule has 0 saturated carbocycles. The number of esters is 2. The molecule has 31 heavy (non-hydrogen) atoms. The van der Waals surface area contributed by atoms with Crippen LogP contribution in [0.3, 0.4) is 0 Å². The zero-order valence-electron chi connectivity index (χ0n) is 17.6. The van der Waals surface area contributed by atoms with E-state index in [-0.39, 0.29) is 18.2 Å². The number of ether oxygens (including phenoxy) is 2. The number of hydrogen-bond donors (Lipinski definition) is 2. The summed E-state index contributed by atoms with van der Waals surface area (Å²) < 4.78 is 9.85. The van der Waals surface area contributed by atoms with Crippen molar-refractivity contribution in [2.24, 2.45) is 5.92 Å². The van der Waals surface area contributed by atoms with E-state index >= 15 is 0 Å². The fourth-order valence-corrected chi connectivity index (χ4v) is 3.39. The largest absolute Gasteiger partial charge is 0.467 e. The van der Waals surface area contributed by atoms with Crippen LogP contribution in [0.5, 0.6) is 0 Å². The Bertz CT molecular complexity index is 883. The second-order valence-electron chi connectivity index (χ2n) is 7.11. The zero-order chi connectivity index (χ0) is 22.8. The SMILES string of the molecule is COC(=O)C(Cc1ccccc1)NC(=O)COC(=O)C(NC(=O)c1cccs1)C(C)C. The van der Waals surface area contributed by atoms with Gasteiger partial charge in [-0.3, -0.25) is 9.59 Å². The topological polar surface area (TPSA) is 111 Å². The van der Waals surface area contributed by atoms with Crippen molar-refractivity contribution in [1.29, 1.82) is 0 Å². The molecule has 2 rings (SSSR count). The summed E-state index contributed by atoms with van der Waals surface area (Å²) in [5, 5.41) is 6.92. The summed E-state index contributed by atoms with van der Waals surface area (Å²) in [4.78, 5) is 49.5. The van der Waals surface area contributed by atoms with Crippen LogP contribution in [0.1, 0.15) is 29.1 Å². The Kier molecular flexibility index (Phi) is 9.20. The molecular formula is C22H26N2O6S. The van der Waals surface area contributed by atoms with Gasteiger partial charge in [-0.25, -0.2) is 9.59 Å². The highest BCUT2D eigenvalue weighted by molar-refractivity contribution is 7.12. The Hall–Kier alpha value is -3.20. The first-order valence-corrected chi connectivity index (χ1v) is 10.6. The van der Waals surface area contributed by atoms with Crippen molar-refractivity contribution in [2.45, 2.75) is 32.4 Å². The highest BCUT2D eigenvalue weighted by Crippen LogP contribution is 2.11. The van der Waals surface area contributed by atoms with E-state index in [1.807, 2.05) is 30.3 Å². The number of hydrogen-bond acceptors (Lipinski definition) is 7. The fraction of sp³-hybridized carbons (Fsp3) is 0.364. The Labute approximate surface area is 184 Å². The molecule has 0 aliphatic carbocycles. The molecule has 0 aliphatic rings. The molecule has 0 radical (unpaired) electrons. The smallest absolute Gasteiger partial charge is 0.329 e. The Balaban J connectivity index is 1.92. The van der Waals surface area contributed by atoms with Crippen LogP contribution in [-0.4, -0.2) is 49.6 Å². The summed E-state index contributed by atoms with van der Waals surface area (Å²) in [6, 6.07) is 10.7. The number of methoxy groups -OCH3 is 1. The van der Waals surface area contributed by atoms with Crippen molar-refractivity contribution >= 4 is 35.1 Å². The lowest BCUT2D eigenvalue weighted by molar-refractivity contribution is -0.152. The average Bonchev–Trinajstić information content (AvgIpc) is 3.30. The first-order valence-electron chi connectivity index (χ1n) is 9.74. The summed E-state index contributed by atoms with van der Waals surface area (Å²) in [5.41, 5.74) is 0.839. The van der Waals surface area contributed by atoms with Crippen LogP contribution in [0.25, 0.3) is 0 Å². The average molecular weight is 447 g/mol. The molecule has 2 N–H and O–H groups in total. The second-order valence-corrected chi connectivity index (χ2v) is 8.06. The molecule has 1 aromatic carbocycles. The number of carbonyl (C=O) groups excluding carboxylic acids is 4. The summed E-state index contributed by atoms with van der Waals surface area (Å²) in [6.45, 7) is 2.93. The molecular weight excluding hydrogens is 420 g/mol. The predicted octanol–water partition coefficient (Wildman–Crippen LogP) is 1.95. The third kappa shape index (κ3) is 7.53. The molecule has 0 fully saturated rings. The molecule has 0 saturated heterocycles. The van der Waals surface area contributed by atoms with E-state index in [1.54, 1.807) is 31.4 Å². The van der Waals surface area contributed by atoms with Gasteiger partial charge in [0.05, 0.1) is 12.0 Å². The van der Waals surface area contributed by atoms with E-state index in [0.29, 0.717) is 4.88 Å². The first-order chi connectivity index (χ1) is 14.8. The van der Waals surface area contributed by atoms with Crippen LogP contribution >= 0.6 is 11.3 Å². The molecule has 166 valence electrons. The third-order valence-corrected chi connectivity index (χ3v) is 5.27. The van der Waals surface area contributed by atoms with Crippen LogP contribution in [-0.2, 0) is 30.3 Å². The molecule has 0 spiro atoms. The first kappa shape index (κ1) is 24.1. The van der Waals surface area contributed by atoms with Crippen molar-refractivity contribution in [3.05, 3.63) is 58.3 Å². The maximum Gasteiger partial charge on any atom is 0.329 e. The van der Waals surface area contributed by atoms with Gasteiger partial charge in [-0.2, -0.15) is 0 Å². The quantitative estimate of drug-likeness (QED) is 0.540. The van der Waals surface area contributed by atoms with Gasteiger partial charge in [-0.15, -0.1) is 11.3 Å². The van der Waals surface area contributed by atoms with E-state index in [0.717, 1.165) is 5.56 Å². The number of carbonyl (C=O) groups is 4.